The van der Waals surface area contributed by atoms with Crippen LogP contribution in [0.1, 0.15) is 6.23 Å². The summed E-state index contributed by atoms with van der Waals surface area (Å²) in [6, 6.07) is 1.14. The quantitative estimate of drug-likeness (QED) is 0.592. The summed E-state index contributed by atoms with van der Waals surface area (Å²) in [5.74, 6) is 0. The van der Waals surface area contributed by atoms with E-state index in [0.29, 0.717) is 0 Å². The van der Waals surface area contributed by atoms with Gasteiger partial charge in [0.1, 0.15) is 18.3 Å². The average Bonchev–Trinajstić information content (AvgIpc) is 2.84. The van der Waals surface area contributed by atoms with Gasteiger partial charge < -0.3 is 23.6 Å². The highest BCUT2D eigenvalue weighted by molar-refractivity contribution is 8.07. The molecule has 10 nitrogen and oxygen atoms in total. The minimum Gasteiger partial charge on any atom is -0.386 e. The van der Waals surface area contributed by atoms with Crippen LogP contribution in [0, 0.1) is 0 Å². The summed E-state index contributed by atoms with van der Waals surface area (Å²) in [5.41, 5.74) is -1.28. The van der Waals surface area contributed by atoms with Crippen LogP contribution in [-0.2, 0) is 34.9 Å². The van der Waals surface area contributed by atoms with Gasteiger partial charge in [-0.05, 0) is 11.8 Å². The Morgan fingerprint density at radius 1 is 1.38 bits per heavy atom. The van der Waals surface area contributed by atoms with Gasteiger partial charge in [-0.1, -0.05) is 0 Å². The maximum atomic E-state index is 11.9. The first-order valence-electron chi connectivity index (χ1n) is 6.89. The van der Waals surface area contributed by atoms with Crippen LogP contribution in [0.3, 0.4) is 0 Å². The highest BCUT2D eigenvalue weighted by atomic mass is 32.5. The van der Waals surface area contributed by atoms with E-state index in [2.05, 4.69) is 4.98 Å². The second-order valence-electron chi connectivity index (χ2n) is 4.91. The second-order valence-corrected chi connectivity index (χ2v) is 8.09. The summed E-state index contributed by atoms with van der Waals surface area (Å²) >= 11 is 5.15. The normalized spacial score (nSPS) is 27.5. The lowest BCUT2D eigenvalue weighted by Crippen LogP contribution is -2.38. The SMILES string of the molecule is COC[C@H]1O[C@@H](n2ccc(=O)[nH]c2=O)[C@H](O)[C@@H]1OP(=S)(OC)OC. The number of nitrogens with one attached hydrogen (secondary N) is 1. The molecule has 2 rings (SSSR count). The lowest BCUT2D eigenvalue weighted by atomic mass is 10.1. The molecule has 0 saturated carbocycles. The minimum atomic E-state index is -3.07. The van der Waals surface area contributed by atoms with Gasteiger partial charge in [0.15, 0.2) is 6.23 Å². The second kappa shape index (κ2) is 7.98. The zero-order valence-electron chi connectivity index (χ0n) is 13.3. The molecule has 0 spiro atoms. The first-order chi connectivity index (χ1) is 11.3. The number of methoxy groups -OCH3 is 1. The molecule has 136 valence electrons. The summed E-state index contributed by atoms with van der Waals surface area (Å²) < 4.78 is 27.5. The zero-order chi connectivity index (χ0) is 17.9. The Balaban J connectivity index is 2.32. The van der Waals surface area contributed by atoms with E-state index in [-0.39, 0.29) is 6.61 Å². The molecule has 0 radical (unpaired) electrons. The van der Waals surface area contributed by atoms with Gasteiger partial charge in [0.2, 0.25) is 0 Å². The summed E-state index contributed by atoms with van der Waals surface area (Å²) in [7, 11) is 4.12. The Bertz CT molecular complexity index is 713. The minimum absolute atomic E-state index is 0.0824. The fraction of sp³-hybridized carbons (Fsp3) is 0.667. The van der Waals surface area contributed by atoms with E-state index in [9.17, 15) is 14.7 Å². The Kier molecular flexibility index (Phi) is 6.46. The maximum absolute atomic E-state index is 11.9. The van der Waals surface area contributed by atoms with E-state index < -0.39 is 42.5 Å². The maximum Gasteiger partial charge on any atom is 0.330 e. The van der Waals surface area contributed by atoms with Crippen molar-refractivity contribution in [1.29, 1.82) is 0 Å². The Hall–Kier alpha value is -0.910. The van der Waals surface area contributed by atoms with Crippen LogP contribution in [-0.4, -0.2) is 60.9 Å². The molecule has 0 unspecified atom stereocenters. The molecule has 2 heterocycles. The third-order valence-corrected chi connectivity index (χ3v) is 6.01. The van der Waals surface area contributed by atoms with Crippen LogP contribution in [0.5, 0.6) is 0 Å². The van der Waals surface area contributed by atoms with E-state index in [0.717, 1.165) is 10.6 Å². The highest BCUT2D eigenvalue weighted by Crippen LogP contribution is 2.51. The molecule has 1 aliphatic rings. The number of ether oxygens (including phenoxy) is 2. The Morgan fingerprint density at radius 2 is 2.04 bits per heavy atom. The molecule has 12 heteroatoms. The third-order valence-electron chi connectivity index (χ3n) is 3.46. The van der Waals surface area contributed by atoms with Crippen molar-refractivity contribution in [2.45, 2.75) is 24.5 Å². The molecule has 0 amide bonds. The van der Waals surface area contributed by atoms with Gasteiger partial charge >= 0.3 is 12.4 Å². The summed E-state index contributed by atoms with van der Waals surface area (Å²) in [6.07, 6.45) is -2.79. The number of rotatable bonds is 7. The number of hydrogen-bond donors (Lipinski definition) is 2. The van der Waals surface area contributed by atoms with Crippen LogP contribution in [0.15, 0.2) is 21.9 Å². The van der Waals surface area contributed by atoms with Crippen LogP contribution in [0.2, 0.25) is 0 Å². The lowest BCUT2D eigenvalue weighted by Gasteiger charge is -2.26. The molecule has 0 aliphatic carbocycles. The van der Waals surface area contributed by atoms with Gasteiger partial charge in [0.05, 0.1) is 6.61 Å². The number of nitrogens with zero attached hydrogens (tertiary/aromatic N) is 1. The standard InChI is InChI=1S/C12H19N2O8PS/c1-18-6-7-10(22-23(24,19-2)20-3)9(16)11(21-7)14-5-4-8(15)13-12(14)17/h4-5,7,9-11,16H,6H2,1-3H3,(H,13,15,17)/t7-,9-,10-,11-/m1/s1. The molecule has 1 fully saturated rings. The molecule has 0 aromatic carbocycles. The molecule has 4 atom stereocenters. The molecular formula is C12H19N2O8PS. The first kappa shape index (κ1) is 19.4. The van der Waals surface area contributed by atoms with Gasteiger partial charge in [-0.2, -0.15) is 0 Å². The Labute approximate surface area is 142 Å². The summed E-state index contributed by atoms with van der Waals surface area (Å²) in [4.78, 5) is 25.2. The van der Waals surface area contributed by atoms with E-state index in [4.69, 9.17) is 34.9 Å². The third kappa shape index (κ3) is 4.01. The number of H-pyrrole nitrogens is 1. The van der Waals surface area contributed by atoms with Gasteiger partial charge in [0, 0.05) is 33.6 Å². The van der Waals surface area contributed by atoms with Crippen LogP contribution in [0.25, 0.3) is 0 Å². The van der Waals surface area contributed by atoms with Crippen molar-refractivity contribution in [3.63, 3.8) is 0 Å². The monoisotopic (exact) mass is 382 g/mol. The zero-order valence-corrected chi connectivity index (χ0v) is 15.0. The topological polar surface area (TPSA) is 121 Å². The molecular weight excluding hydrogens is 363 g/mol. The van der Waals surface area contributed by atoms with Crippen molar-refractivity contribution in [1.82, 2.24) is 9.55 Å². The number of aliphatic hydroxyl groups is 1. The van der Waals surface area contributed by atoms with Crippen LogP contribution in [0.4, 0.5) is 0 Å². The van der Waals surface area contributed by atoms with Crippen molar-refractivity contribution in [3.8, 4) is 0 Å². The van der Waals surface area contributed by atoms with Crippen molar-refractivity contribution in [3.05, 3.63) is 33.1 Å². The van der Waals surface area contributed by atoms with Crippen LogP contribution >= 0.6 is 6.72 Å². The average molecular weight is 382 g/mol. The molecule has 2 N–H and O–H groups in total. The van der Waals surface area contributed by atoms with Gasteiger partial charge in [0.25, 0.3) is 5.56 Å². The number of hydrogen-bond acceptors (Lipinski definition) is 9. The predicted octanol–water partition coefficient (Wildman–Crippen LogP) is -0.656. The fourth-order valence-electron chi connectivity index (χ4n) is 2.32. The lowest BCUT2D eigenvalue weighted by molar-refractivity contribution is -0.0609. The number of aromatic nitrogens is 2. The molecule has 1 aliphatic heterocycles. The fourth-order valence-corrected chi connectivity index (χ4v) is 3.49. The van der Waals surface area contributed by atoms with Gasteiger partial charge in [-0.15, -0.1) is 0 Å². The predicted molar refractivity (Wildman–Crippen MR) is 86.3 cm³/mol. The van der Waals surface area contributed by atoms with Gasteiger partial charge in [-0.3, -0.25) is 18.9 Å². The van der Waals surface area contributed by atoms with E-state index >= 15 is 0 Å². The first-order valence-corrected chi connectivity index (χ1v) is 9.44. The van der Waals surface area contributed by atoms with E-state index in [1.807, 2.05) is 0 Å². The molecule has 24 heavy (non-hydrogen) atoms. The Morgan fingerprint density at radius 3 is 2.58 bits per heavy atom. The highest BCUT2D eigenvalue weighted by Gasteiger charge is 2.48. The van der Waals surface area contributed by atoms with Crippen molar-refractivity contribution in [2.24, 2.45) is 0 Å². The van der Waals surface area contributed by atoms with E-state index in [1.165, 1.54) is 27.5 Å². The van der Waals surface area contributed by atoms with E-state index in [1.54, 1.807) is 0 Å². The molecule has 0 bridgehead atoms. The van der Waals surface area contributed by atoms with Crippen molar-refractivity contribution >= 4 is 18.5 Å². The molecule has 1 saturated heterocycles. The number of aliphatic hydroxyl groups excluding tert-OH is 1. The largest absolute Gasteiger partial charge is 0.386 e. The van der Waals surface area contributed by atoms with Crippen molar-refractivity contribution < 1.29 is 28.2 Å². The van der Waals surface area contributed by atoms with Gasteiger partial charge in [-0.25, -0.2) is 4.79 Å². The van der Waals surface area contributed by atoms with Crippen molar-refractivity contribution in [2.75, 3.05) is 27.9 Å². The summed E-state index contributed by atoms with van der Waals surface area (Å²) in [5, 5.41) is 10.6. The van der Waals surface area contributed by atoms with Crippen LogP contribution < -0.4 is 11.2 Å². The smallest absolute Gasteiger partial charge is 0.330 e. The molecule has 1 aromatic rings. The number of aromatic amines is 1. The summed E-state index contributed by atoms with van der Waals surface area (Å²) in [6.45, 7) is -2.99. The molecule has 1 aromatic heterocycles.